The van der Waals surface area contributed by atoms with Crippen LogP contribution in [-0.2, 0) is 0 Å². The van der Waals surface area contributed by atoms with E-state index in [1.165, 1.54) is 0 Å². The number of hydrogen-bond acceptors (Lipinski definition) is 3. The molecule has 96 valence electrons. The van der Waals surface area contributed by atoms with Gasteiger partial charge in [0.2, 0.25) is 0 Å². The number of Topliss-reactive ketones (excluding diaryl/α,β-unsaturated/α-hetero) is 1. The molecule has 18 heavy (non-hydrogen) atoms. The Balaban J connectivity index is 2.00. The highest BCUT2D eigenvalue weighted by molar-refractivity contribution is 7.17. The molecule has 2 heterocycles. The minimum Gasteiger partial charge on any atom is -0.294 e. The van der Waals surface area contributed by atoms with Crippen LogP contribution in [0.5, 0.6) is 0 Å². The number of rotatable bonds is 4. The van der Waals surface area contributed by atoms with Crippen molar-refractivity contribution < 1.29 is 4.79 Å². The number of thiophene rings is 1. The Morgan fingerprint density at radius 3 is 2.89 bits per heavy atom. The Morgan fingerprint density at radius 1 is 1.39 bits per heavy atom. The fraction of sp³-hybridized carbons (Fsp3) is 0.467. The number of nitrogens with zero attached hydrogens (tertiary/aromatic N) is 1. The summed E-state index contributed by atoms with van der Waals surface area (Å²) >= 11 is 1.63. The fourth-order valence-electron chi connectivity index (χ4n) is 1.92. The van der Waals surface area contributed by atoms with E-state index in [0.29, 0.717) is 11.8 Å². The van der Waals surface area contributed by atoms with Gasteiger partial charge in [0, 0.05) is 18.2 Å². The molecule has 0 atom stereocenters. The van der Waals surface area contributed by atoms with Crippen LogP contribution in [0.4, 0.5) is 0 Å². The molecule has 0 spiro atoms. The zero-order valence-electron chi connectivity index (χ0n) is 11.2. The van der Waals surface area contributed by atoms with Crippen molar-refractivity contribution in [2.75, 3.05) is 0 Å². The van der Waals surface area contributed by atoms with Gasteiger partial charge in [0.25, 0.3) is 0 Å². The van der Waals surface area contributed by atoms with Crippen molar-refractivity contribution in [1.82, 2.24) is 4.98 Å². The van der Waals surface area contributed by atoms with Crippen LogP contribution >= 0.6 is 11.3 Å². The number of carbonyl (C=O) groups is 1. The topological polar surface area (TPSA) is 30.0 Å². The molecule has 0 aliphatic rings. The lowest BCUT2D eigenvalue weighted by Crippen LogP contribution is -2.07. The van der Waals surface area contributed by atoms with Crippen LogP contribution in [-0.4, -0.2) is 10.8 Å². The molecule has 0 radical (unpaired) electrons. The zero-order chi connectivity index (χ0) is 13.2. The highest BCUT2D eigenvalue weighted by Gasteiger charge is 2.12. The average Bonchev–Trinajstić information content (AvgIpc) is 2.73. The summed E-state index contributed by atoms with van der Waals surface area (Å²) in [6.45, 7) is 6.62. The molecule has 2 rings (SSSR count). The van der Waals surface area contributed by atoms with E-state index in [1.54, 1.807) is 17.5 Å². The second-order valence-electron chi connectivity index (χ2n) is 5.87. The molecule has 0 N–H and O–H groups in total. The van der Waals surface area contributed by atoms with Gasteiger partial charge in [0.1, 0.15) is 0 Å². The fourth-order valence-corrected chi connectivity index (χ4v) is 2.70. The minimum absolute atomic E-state index is 0.210. The summed E-state index contributed by atoms with van der Waals surface area (Å²) in [4.78, 5) is 16.4. The van der Waals surface area contributed by atoms with Crippen LogP contribution in [0, 0.1) is 5.41 Å². The van der Waals surface area contributed by atoms with Gasteiger partial charge in [-0.3, -0.25) is 9.78 Å². The summed E-state index contributed by atoms with van der Waals surface area (Å²) in [5.74, 6) is 0.210. The van der Waals surface area contributed by atoms with Crippen molar-refractivity contribution in [3.8, 4) is 0 Å². The van der Waals surface area contributed by atoms with Crippen molar-refractivity contribution in [2.45, 2.75) is 40.0 Å². The van der Waals surface area contributed by atoms with Crippen molar-refractivity contribution in [3.05, 3.63) is 29.3 Å². The van der Waals surface area contributed by atoms with Crippen molar-refractivity contribution in [2.24, 2.45) is 5.41 Å². The second kappa shape index (κ2) is 5.19. The maximum Gasteiger partial charge on any atom is 0.164 e. The van der Waals surface area contributed by atoms with Gasteiger partial charge >= 0.3 is 0 Å². The average molecular weight is 261 g/mol. The minimum atomic E-state index is 0.210. The molecule has 0 saturated carbocycles. The quantitative estimate of drug-likeness (QED) is 0.747. The highest BCUT2D eigenvalue weighted by Crippen LogP contribution is 2.23. The molecule has 0 amide bonds. The molecule has 0 unspecified atom stereocenters. The number of ketones is 1. The Labute approximate surface area is 112 Å². The summed E-state index contributed by atoms with van der Waals surface area (Å²) in [6, 6.07) is 3.94. The third kappa shape index (κ3) is 3.39. The standard InChI is InChI=1S/C15H19NOS/c1-15(2,3)7-4-5-13(17)11-9-14-12(16-10-11)6-8-18-14/h6,8-10H,4-5,7H2,1-3H3. The lowest BCUT2D eigenvalue weighted by Gasteiger charge is -2.17. The van der Waals surface area contributed by atoms with Gasteiger partial charge < -0.3 is 0 Å². The van der Waals surface area contributed by atoms with Gasteiger partial charge in [0.05, 0.1) is 10.2 Å². The summed E-state index contributed by atoms with van der Waals surface area (Å²) < 4.78 is 1.09. The molecule has 0 aliphatic heterocycles. The van der Waals surface area contributed by atoms with Crippen LogP contribution in [0.1, 0.15) is 50.4 Å². The summed E-state index contributed by atoms with van der Waals surface area (Å²) in [5.41, 5.74) is 2.03. The van der Waals surface area contributed by atoms with Crippen molar-refractivity contribution in [1.29, 1.82) is 0 Å². The summed E-state index contributed by atoms with van der Waals surface area (Å²) in [7, 11) is 0. The Kier molecular flexibility index (Phi) is 3.81. The van der Waals surface area contributed by atoms with Crippen LogP contribution < -0.4 is 0 Å². The lowest BCUT2D eigenvalue weighted by atomic mass is 9.89. The van der Waals surface area contributed by atoms with Gasteiger partial charge in [-0.05, 0) is 35.8 Å². The molecule has 0 bridgehead atoms. The largest absolute Gasteiger partial charge is 0.294 e. The number of aromatic nitrogens is 1. The molecule has 2 aromatic rings. The van der Waals surface area contributed by atoms with Crippen molar-refractivity contribution in [3.63, 3.8) is 0 Å². The first kappa shape index (κ1) is 13.2. The van der Waals surface area contributed by atoms with Crippen LogP contribution in [0.15, 0.2) is 23.7 Å². The first-order valence-electron chi connectivity index (χ1n) is 6.32. The van der Waals surface area contributed by atoms with Crippen LogP contribution in [0.3, 0.4) is 0 Å². The first-order valence-corrected chi connectivity index (χ1v) is 7.20. The predicted octanol–water partition coefficient (Wildman–Crippen LogP) is 4.70. The first-order chi connectivity index (χ1) is 8.46. The maximum absolute atomic E-state index is 12.1. The van der Waals surface area contributed by atoms with E-state index >= 15 is 0 Å². The van der Waals surface area contributed by atoms with E-state index in [1.807, 2.05) is 17.5 Å². The molecule has 0 aliphatic carbocycles. The zero-order valence-corrected chi connectivity index (χ0v) is 12.0. The van der Waals surface area contributed by atoms with Crippen LogP contribution in [0.2, 0.25) is 0 Å². The van der Waals surface area contributed by atoms with Gasteiger partial charge in [-0.2, -0.15) is 0 Å². The Morgan fingerprint density at radius 2 is 2.17 bits per heavy atom. The number of hydrogen-bond donors (Lipinski definition) is 0. The third-order valence-corrected chi connectivity index (χ3v) is 3.81. The number of carbonyl (C=O) groups excluding carboxylic acids is 1. The third-order valence-electron chi connectivity index (χ3n) is 2.96. The smallest absolute Gasteiger partial charge is 0.164 e. The molecular formula is C15H19NOS. The highest BCUT2D eigenvalue weighted by atomic mass is 32.1. The molecule has 0 saturated heterocycles. The molecular weight excluding hydrogens is 242 g/mol. The monoisotopic (exact) mass is 261 g/mol. The van der Waals surface area contributed by atoms with Crippen LogP contribution in [0.25, 0.3) is 10.2 Å². The van der Waals surface area contributed by atoms with E-state index in [2.05, 4.69) is 25.8 Å². The number of pyridine rings is 1. The van der Waals surface area contributed by atoms with E-state index < -0.39 is 0 Å². The van der Waals surface area contributed by atoms with Gasteiger partial charge in [0.15, 0.2) is 5.78 Å². The molecule has 0 fully saturated rings. The van der Waals surface area contributed by atoms with Gasteiger partial charge in [-0.1, -0.05) is 20.8 Å². The number of fused-ring (bicyclic) bond motifs is 1. The molecule has 2 aromatic heterocycles. The van der Waals surface area contributed by atoms with Gasteiger partial charge in [-0.25, -0.2) is 0 Å². The molecule has 2 nitrogen and oxygen atoms in total. The van der Waals surface area contributed by atoms with E-state index in [-0.39, 0.29) is 5.78 Å². The molecule has 3 heteroatoms. The predicted molar refractivity (Wildman–Crippen MR) is 77.3 cm³/mol. The second-order valence-corrected chi connectivity index (χ2v) is 6.81. The Bertz CT molecular complexity index is 551. The Hall–Kier alpha value is -1.22. The van der Waals surface area contributed by atoms with E-state index in [4.69, 9.17) is 0 Å². The van der Waals surface area contributed by atoms with Crippen molar-refractivity contribution >= 4 is 27.3 Å². The normalized spacial score (nSPS) is 11.9. The SMILES string of the molecule is CC(C)(C)CCCC(=O)c1cnc2ccsc2c1. The molecule has 0 aromatic carbocycles. The lowest BCUT2D eigenvalue weighted by molar-refractivity contribution is 0.0976. The summed E-state index contributed by atoms with van der Waals surface area (Å²) in [5, 5.41) is 2.01. The van der Waals surface area contributed by atoms with Gasteiger partial charge in [-0.15, -0.1) is 11.3 Å². The van der Waals surface area contributed by atoms with E-state index in [9.17, 15) is 4.79 Å². The maximum atomic E-state index is 12.1. The summed E-state index contributed by atoms with van der Waals surface area (Å²) in [6.07, 6.45) is 4.35. The van der Waals surface area contributed by atoms with E-state index in [0.717, 1.165) is 28.6 Å².